The molecule has 2 aromatic heterocycles. The summed E-state index contributed by atoms with van der Waals surface area (Å²) < 4.78 is 28.3. The van der Waals surface area contributed by atoms with Gasteiger partial charge in [0.1, 0.15) is 5.69 Å². The van der Waals surface area contributed by atoms with E-state index >= 15 is 0 Å². The van der Waals surface area contributed by atoms with Crippen molar-refractivity contribution in [2.24, 2.45) is 0 Å². The van der Waals surface area contributed by atoms with Crippen molar-refractivity contribution in [3.63, 3.8) is 0 Å². The quantitative estimate of drug-likeness (QED) is 0.939. The average Bonchev–Trinajstić information content (AvgIpc) is 3.16. The fraction of sp³-hybridized carbons (Fsp3) is 0.500. The molecule has 124 valence electrons. The molecular formula is C16H20F2N4O. The number of aromatic nitrogens is 3. The zero-order chi connectivity index (χ0) is 16.4. The van der Waals surface area contributed by atoms with Gasteiger partial charge in [-0.2, -0.15) is 13.9 Å². The maximum absolute atomic E-state index is 12.8. The van der Waals surface area contributed by atoms with Gasteiger partial charge < -0.3 is 5.32 Å². The molecular weight excluding hydrogens is 302 g/mol. The van der Waals surface area contributed by atoms with Crippen LogP contribution in [0.5, 0.6) is 0 Å². The molecule has 0 bridgehead atoms. The molecule has 1 fully saturated rings. The number of hydrogen-bond acceptors (Lipinski definition) is 2. The first-order chi connectivity index (χ1) is 11.0. The number of hydrogen-bond donors (Lipinski definition) is 1. The minimum absolute atomic E-state index is 0.00447. The van der Waals surface area contributed by atoms with Crippen LogP contribution < -0.4 is 5.32 Å². The number of rotatable bonds is 4. The maximum Gasteiger partial charge on any atom is 0.319 e. The molecule has 1 N–H and O–H groups in total. The lowest BCUT2D eigenvalue weighted by molar-refractivity contribution is 0.0628. The van der Waals surface area contributed by atoms with E-state index in [0.29, 0.717) is 10.6 Å². The minimum atomic E-state index is -2.70. The van der Waals surface area contributed by atoms with Crippen molar-refractivity contribution < 1.29 is 13.6 Å². The van der Waals surface area contributed by atoms with Crippen molar-refractivity contribution in [1.29, 1.82) is 0 Å². The van der Waals surface area contributed by atoms with E-state index in [-0.39, 0.29) is 11.7 Å². The smallest absolute Gasteiger partial charge is 0.319 e. The number of amides is 1. The molecule has 0 unspecified atom stereocenters. The Labute approximate surface area is 133 Å². The Hall–Kier alpha value is -2.18. The van der Waals surface area contributed by atoms with Crippen molar-refractivity contribution in [3.8, 4) is 0 Å². The highest BCUT2D eigenvalue weighted by Gasteiger charge is 2.25. The van der Waals surface area contributed by atoms with Crippen LogP contribution in [-0.2, 0) is 0 Å². The first kappa shape index (κ1) is 15.7. The Morgan fingerprint density at radius 2 is 2.09 bits per heavy atom. The van der Waals surface area contributed by atoms with Gasteiger partial charge in [-0.15, -0.1) is 0 Å². The van der Waals surface area contributed by atoms with Gasteiger partial charge in [0.05, 0.1) is 12.2 Å². The molecule has 5 nitrogen and oxygen atoms in total. The summed E-state index contributed by atoms with van der Waals surface area (Å²) in [5.74, 6) is -0.436. The molecule has 1 aliphatic carbocycles. The van der Waals surface area contributed by atoms with Crippen LogP contribution in [-0.4, -0.2) is 26.3 Å². The van der Waals surface area contributed by atoms with E-state index in [1.54, 1.807) is 0 Å². The summed E-state index contributed by atoms with van der Waals surface area (Å²) in [6.45, 7) is -0.697. The lowest BCUT2D eigenvalue weighted by Crippen LogP contribution is -2.38. The highest BCUT2D eigenvalue weighted by atomic mass is 19.3. The van der Waals surface area contributed by atoms with Gasteiger partial charge >= 0.3 is 6.55 Å². The number of alkyl halides is 2. The molecule has 2 aromatic rings. The second kappa shape index (κ2) is 6.52. The predicted octanol–water partition coefficient (Wildman–Crippen LogP) is 3.30. The molecule has 0 saturated heterocycles. The fourth-order valence-corrected chi connectivity index (χ4v) is 3.13. The van der Waals surface area contributed by atoms with Crippen molar-refractivity contribution >= 4 is 5.91 Å². The fourth-order valence-electron chi connectivity index (χ4n) is 3.13. The van der Waals surface area contributed by atoms with Gasteiger partial charge in [-0.3, -0.25) is 14.0 Å². The normalized spacial score (nSPS) is 21.6. The van der Waals surface area contributed by atoms with Gasteiger partial charge in [-0.25, -0.2) is 0 Å². The number of halogens is 2. The van der Waals surface area contributed by atoms with Crippen LogP contribution in [0.2, 0.25) is 0 Å². The molecule has 23 heavy (non-hydrogen) atoms. The summed E-state index contributed by atoms with van der Waals surface area (Å²) in [4.78, 5) is 12.2. The zero-order valence-electron chi connectivity index (χ0n) is 13.0. The van der Waals surface area contributed by atoms with Crippen LogP contribution in [0.4, 0.5) is 8.78 Å². The van der Waals surface area contributed by atoms with Gasteiger partial charge in [0.15, 0.2) is 0 Å². The summed E-state index contributed by atoms with van der Waals surface area (Å²) in [6, 6.07) is 3.25. The minimum Gasteiger partial charge on any atom is -0.348 e. The largest absolute Gasteiger partial charge is 0.348 e. The average molecular weight is 322 g/mol. The molecule has 0 radical (unpaired) electrons. The third-order valence-corrected chi connectivity index (χ3v) is 4.36. The standard InChI is InChI=1S/C16H20F2N4O/c1-11-9-19-22(10-11)13-6-4-12(5-7-13)20-15(23)14-3-2-8-21(14)16(17)18/h2-3,8-10,12-13,16H,4-7H2,1H3,(H,20,23). The van der Waals surface area contributed by atoms with Gasteiger partial charge in [0, 0.05) is 18.4 Å². The van der Waals surface area contributed by atoms with Gasteiger partial charge in [0.25, 0.3) is 5.91 Å². The first-order valence-corrected chi connectivity index (χ1v) is 7.81. The van der Waals surface area contributed by atoms with E-state index in [1.807, 2.05) is 24.0 Å². The van der Waals surface area contributed by atoms with E-state index < -0.39 is 12.5 Å². The van der Waals surface area contributed by atoms with Crippen LogP contribution in [0, 0.1) is 6.92 Å². The predicted molar refractivity (Wildman–Crippen MR) is 81.4 cm³/mol. The number of nitrogens with one attached hydrogen (secondary N) is 1. The number of nitrogens with zero attached hydrogens (tertiary/aromatic N) is 3. The van der Waals surface area contributed by atoms with E-state index in [0.717, 1.165) is 31.2 Å². The lowest BCUT2D eigenvalue weighted by Gasteiger charge is -2.29. The van der Waals surface area contributed by atoms with E-state index in [9.17, 15) is 13.6 Å². The Morgan fingerprint density at radius 1 is 1.35 bits per heavy atom. The number of aryl methyl sites for hydroxylation is 1. The Balaban J connectivity index is 1.56. The van der Waals surface area contributed by atoms with Crippen LogP contribution in [0.25, 0.3) is 0 Å². The zero-order valence-corrected chi connectivity index (χ0v) is 13.0. The molecule has 3 rings (SSSR count). The number of carbonyl (C=O) groups is 1. The van der Waals surface area contributed by atoms with Gasteiger partial charge in [-0.05, 0) is 50.3 Å². The van der Waals surface area contributed by atoms with Crippen molar-refractivity contribution in [2.75, 3.05) is 0 Å². The summed E-state index contributed by atoms with van der Waals surface area (Å²) in [7, 11) is 0. The second-order valence-corrected chi connectivity index (χ2v) is 6.05. The van der Waals surface area contributed by atoms with Crippen molar-refractivity contribution in [3.05, 3.63) is 42.0 Å². The molecule has 1 saturated carbocycles. The van der Waals surface area contributed by atoms with Gasteiger partial charge in [0.2, 0.25) is 0 Å². The molecule has 0 aromatic carbocycles. The SMILES string of the molecule is Cc1cnn(C2CCC(NC(=O)c3cccn3C(F)F)CC2)c1. The summed E-state index contributed by atoms with van der Waals surface area (Å²) in [6.07, 6.45) is 8.57. The Morgan fingerprint density at radius 3 is 2.70 bits per heavy atom. The van der Waals surface area contributed by atoms with E-state index in [2.05, 4.69) is 10.4 Å². The van der Waals surface area contributed by atoms with E-state index in [4.69, 9.17) is 0 Å². The van der Waals surface area contributed by atoms with E-state index in [1.165, 1.54) is 18.3 Å². The summed E-state index contributed by atoms with van der Waals surface area (Å²) in [5.41, 5.74) is 1.14. The van der Waals surface area contributed by atoms with Crippen LogP contribution in [0.15, 0.2) is 30.7 Å². The second-order valence-electron chi connectivity index (χ2n) is 6.05. The lowest BCUT2D eigenvalue weighted by atomic mass is 9.91. The highest BCUT2D eigenvalue weighted by Crippen LogP contribution is 2.28. The first-order valence-electron chi connectivity index (χ1n) is 7.81. The monoisotopic (exact) mass is 322 g/mol. The summed E-state index contributed by atoms with van der Waals surface area (Å²) in [5, 5.41) is 7.21. The highest BCUT2D eigenvalue weighted by molar-refractivity contribution is 5.92. The van der Waals surface area contributed by atoms with Crippen LogP contribution >= 0.6 is 0 Å². The molecule has 7 heteroatoms. The molecule has 0 atom stereocenters. The topological polar surface area (TPSA) is 51.9 Å². The van der Waals surface area contributed by atoms with Crippen LogP contribution in [0.1, 0.15) is 54.3 Å². The molecule has 0 aliphatic heterocycles. The number of carbonyl (C=O) groups excluding carboxylic acids is 1. The third-order valence-electron chi connectivity index (χ3n) is 4.36. The molecule has 1 amide bonds. The Bertz CT molecular complexity index is 671. The Kier molecular flexibility index (Phi) is 4.45. The molecule has 0 spiro atoms. The molecule has 2 heterocycles. The maximum atomic E-state index is 12.8. The van der Waals surface area contributed by atoms with Crippen LogP contribution in [0.3, 0.4) is 0 Å². The molecule has 1 aliphatic rings. The van der Waals surface area contributed by atoms with Gasteiger partial charge in [-0.1, -0.05) is 0 Å². The van der Waals surface area contributed by atoms with Crippen molar-refractivity contribution in [1.82, 2.24) is 19.7 Å². The third kappa shape index (κ3) is 3.43. The summed E-state index contributed by atoms with van der Waals surface area (Å²) >= 11 is 0. The van der Waals surface area contributed by atoms with Crippen molar-refractivity contribution in [2.45, 2.75) is 51.2 Å².